The highest BCUT2D eigenvalue weighted by atomic mass is 79.9. The molecule has 0 amide bonds. The molecular weight excluding hydrogens is 372 g/mol. The summed E-state index contributed by atoms with van der Waals surface area (Å²) in [5.41, 5.74) is -0.425. The normalized spacial score (nSPS) is 11.3. The van der Waals surface area contributed by atoms with Gasteiger partial charge >= 0.3 is 5.97 Å². The van der Waals surface area contributed by atoms with Crippen LogP contribution < -0.4 is 4.31 Å². The van der Waals surface area contributed by atoms with E-state index in [4.69, 9.17) is 0 Å². The average Bonchev–Trinajstić information content (AvgIpc) is 2.36. The second-order valence-electron chi connectivity index (χ2n) is 3.93. The van der Waals surface area contributed by atoms with Gasteiger partial charge in [-0.3, -0.25) is 9.10 Å². The fourth-order valence-electron chi connectivity index (χ4n) is 1.57. The molecule has 0 saturated heterocycles. The lowest BCUT2D eigenvalue weighted by Gasteiger charge is -2.24. The van der Waals surface area contributed by atoms with Gasteiger partial charge < -0.3 is 4.74 Å². The third-order valence-electron chi connectivity index (χ3n) is 2.51. The summed E-state index contributed by atoms with van der Waals surface area (Å²) in [5.74, 6) is -3.14. The van der Waals surface area contributed by atoms with Crippen molar-refractivity contribution in [1.29, 1.82) is 0 Å². The van der Waals surface area contributed by atoms with Gasteiger partial charge in [-0.15, -0.1) is 0 Å². The quantitative estimate of drug-likeness (QED) is 0.705. The lowest BCUT2D eigenvalue weighted by atomic mass is 10.3. The number of carbonyl (C=O) groups excluding carboxylic acids is 1. The van der Waals surface area contributed by atoms with E-state index in [9.17, 15) is 22.0 Å². The van der Waals surface area contributed by atoms with Crippen LogP contribution in [0.15, 0.2) is 16.6 Å². The van der Waals surface area contributed by atoms with Crippen molar-refractivity contribution in [3.8, 4) is 0 Å². The number of carbonyl (C=O) groups is 1. The van der Waals surface area contributed by atoms with Crippen LogP contribution in [0.3, 0.4) is 0 Å². The number of anilines is 1. The molecule has 0 atom stereocenters. The van der Waals surface area contributed by atoms with Gasteiger partial charge in [0.25, 0.3) is 0 Å². The van der Waals surface area contributed by atoms with E-state index in [-0.39, 0.29) is 16.8 Å². The third-order valence-corrected chi connectivity index (χ3v) is 4.83. The number of hydrogen-bond acceptors (Lipinski definition) is 4. The Bertz CT molecular complexity index is 613. The number of nitrogens with zero attached hydrogens (tertiary/aromatic N) is 1. The van der Waals surface area contributed by atoms with E-state index in [1.54, 1.807) is 6.92 Å². The Morgan fingerprint density at radius 2 is 1.95 bits per heavy atom. The van der Waals surface area contributed by atoms with Crippen molar-refractivity contribution in [3.05, 3.63) is 28.2 Å². The second kappa shape index (κ2) is 7.17. The van der Waals surface area contributed by atoms with Gasteiger partial charge in [-0.25, -0.2) is 17.2 Å². The molecule has 0 aromatic heterocycles. The van der Waals surface area contributed by atoms with Crippen LogP contribution in [-0.2, 0) is 19.6 Å². The Kier molecular flexibility index (Phi) is 6.09. The first-order valence-corrected chi connectivity index (χ1v) is 8.43. The first-order valence-electron chi connectivity index (χ1n) is 6.03. The summed E-state index contributed by atoms with van der Waals surface area (Å²) >= 11 is 2.91. The van der Waals surface area contributed by atoms with Gasteiger partial charge in [-0.1, -0.05) is 0 Å². The molecule has 118 valence electrons. The van der Waals surface area contributed by atoms with Crippen molar-refractivity contribution in [2.45, 2.75) is 13.8 Å². The number of rotatable bonds is 6. The highest BCUT2D eigenvalue weighted by molar-refractivity contribution is 9.10. The van der Waals surface area contributed by atoms with Gasteiger partial charge in [0.15, 0.2) is 5.82 Å². The Labute approximate surface area is 130 Å². The number of sulfonamides is 1. The molecule has 1 aromatic carbocycles. The molecule has 0 unspecified atom stereocenters. The van der Waals surface area contributed by atoms with Crippen LogP contribution in [0.1, 0.15) is 13.8 Å². The van der Waals surface area contributed by atoms with Crippen molar-refractivity contribution < 1.29 is 26.7 Å². The fraction of sp³-hybridized carbons (Fsp3) is 0.417. The minimum absolute atomic E-state index is 0.0614. The summed E-state index contributed by atoms with van der Waals surface area (Å²) in [4.78, 5) is 11.5. The molecule has 0 radical (unpaired) electrons. The molecule has 21 heavy (non-hydrogen) atoms. The summed E-state index contributed by atoms with van der Waals surface area (Å²) in [6.45, 7) is 2.28. The smallest absolute Gasteiger partial charge is 0.326 e. The lowest BCUT2D eigenvalue weighted by Crippen LogP contribution is -2.38. The first-order chi connectivity index (χ1) is 9.72. The molecule has 0 bridgehead atoms. The van der Waals surface area contributed by atoms with Gasteiger partial charge in [0.05, 0.1) is 12.4 Å². The molecule has 9 heteroatoms. The maximum Gasteiger partial charge on any atom is 0.326 e. The number of esters is 1. The predicted molar refractivity (Wildman–Crippen MR) is 77.5 cm³/mol. The molecule has 0 aliphatic carbocycles. The van der Waals surface area contributed by atoms with E-state index in [1.807, 2.05) is 0 Å². The third kappa shape index (κ3) is 4.37. The summed E-state index contributed by atoms with van der Waals surface area (Å²) in [5, 5.41) is 0. The molecular formula is C12H14BrF2NO4S. The second-order valence-corrected chi connectivity index (χ2v) is 6.97. The number of halogens is 3. The van der Waals surface area contributed by atoms with Crippen LogP contribution in [-0.4, -0.2) is 33.3 Å². The van der Waals surface area contributed by atoms with Gasteiger partial charge in [0, 0.05) is 10.5 Å². The zero-order valence-electron chi connectivity index (χ0n) is 11.4. The van der Waals surface area contributed by atoms with Crippen LogP contribution >= 0.6 is 15.9 Å². The topological polar surface area (TPSA) is 63.7 Å². The van der Waals surface area contributed by atoms with E-state index in [0.29, 0.717) is 10.4 Å². The average molecular weight is 386 g/mol. The van der Waals surface area contributed by atoms with Crippen molar-refractivity contribution in [2.75, 3.05) is 23.2 Å². The van der Waals surface area contributed by atoms with Crippen LogP contribution in [0.5, 0.6) is 0 Å². The molecule has 0 aliphatic rings. The van der Waals surface area contributed by atoms with Crippen LogP contribution in [0.2, 0.25) is 0 Å². The SMILES string of the molecule is CCOC(=O)CN(c1c(F)cc(F)cc1Br)S(=O)(=O)CC. The van der Waals surface area contributed by atoms with Crippen molar-refractivity contribution in [1.82, 2.24) is 0 Å². The summed E-state index contributed by atoms with van der Waals surface area (Å²) in [7, 11) is -3.94. The zero-order valence-corrected chi connectivity index (χ0v) is 13.8. The van der Waals surface area contributed by atoms with Crippen molar-refractivity contribution in [2.24, 2.45) is 0 Å². The van der Waals surface area contributed by atoms with Crippen LogP contribution in [0.25, 0.3) is 0 Å². The Hall–Kier alpha value is -1.22. The summed E-state index contributed by atoms with van der Waals surface area (Å²) < 4.78 is 56.3. The molecule has 0 saturated carbocycles. The summed E-state index contributed by atoms with van der Waals surface area (Å²) in [6.07, 6.45) is 0. The molecule has 1 aromatic rings. The minimum Gasteiger partial charge on any atom is -0.465 e. The molecule has 0 heterocycles. The minimum atomic E-state index is -3.94. The molecule has 0 N–H and O–H groups in total. The van der Waals surface area contributed by atoms with Gasteiger partial charge in [-0.05, 0) is 35.8 Å². The van der Waals surface area contributed by atoms with Crippen molar-refractivity contribution in [3.63, 3.8) is 0 Å². The van der Waals surface area contributed by atoms with E-state index in [0.717, 1.165) is 6.07 Å². The zero-order chi connectivity index (χ0) is 16.2. The maximum absolute atomic E-state index is 13.9. The predicted octanol–water partition coefficient (Wildman–Crippen LogP) is 2.45. The monoisotopic (exact) mass is 385 g/mol. The van der Waals surface area contributed by atoms with Gasteiger partial charge in [0.2, 0.25) is 10.0 Å². The highest BCUT2D eigenvalue weighted by Gasteiger charge is 2.28. The molecule has 0 spiro atoms. The van der Waals surface area contributed by atoms with Gasteiger partial charge in [-0.2, -0.15) is 0 Å². The van der Waals surface area contributed by atoms with Crippen LogP contribution in [0.4, 0.5) is 14.5 Å². The van der Waals surface area contributed by atoms with E-state index in [1.165, 1.54) is 6.92 Å². The number of hydrogen-bond donors (Lipinski definition) is 0. The Balaban J connectivity index is 3.35. The largest absolute Gasteiger partial charge is 0.465 e. The highest BCUT2D eigenvalue weighted by Crippen LogP contribution is 2.32. The van der Waals surface area contributed by atoms with E-state index >= 15 is 0 Å². The van der Waals surface area contributed by atoms with Crippen molar-refractivity contribution >= 4 is 37.6 Å². The molecule has 1 rings (SSSR count). The Morgan fingerprint density at radius 3 is 2.43 bits per heavy atom. The van der Waals surface area contributed by atoms with E-state index in [2.05, 4.69) is 20.7 Å². The standard InChI is InChI=1S/C12H14BrF2NO4S/c1-3-20-11(17)7-16(21(18,19)4-2)12-9(13)5-8(14)6-10(12)15/h5-6H,3-4,7H2,1-2H3. The maximum atomic E-state index is 13.9. The van der Waals surface area contributed by atoms with Gasteiger partial charge in [0.1, 0.15) is 18.0 Å². The first kappa shape index (κ1) is 17.8. The Morgan fingerprint density at radius 1 is 1.33 bits per heavy atom. The summed E-state index contributed by atoms with van der Waals surface area (Å²) in [6, 6.07) is 1.46. The molecule has 0 fully saturated rings. The fourth-order valence-corrected chi connectivity index (χ4v) is 3.39. The van der Waals surface area contributed by atoms with Crippen LogP contribution in [0, 0.1) is 11.6 Å². The number of ether oxygens (including phenoxy) is 1. The van der Waals surface area contributed by atoms with E-state index < -0.39 is 39.9 Å². The molecule has 0 aliphatic heterocycles. The molecule has 5 nitrogen and oxygen atoms in total. The number of benzene rings is 1. The lowest BCUT2D eigenvalue weighted by molar-refractivity contribution is -0.141.